The first-order valence-electron chi connectivity index (χ1n) is 6.42. The highest BCUT2D eigenvalue weighted by molar-refractivity contribution is 5.78. The van der Waals surface area contributed by atoms with Gasteiger partial charge >= 0.3 is 5.97 Å². The van der Waals surface area contributed by atoms with Crippen LogP contribution in [0.2, 0.25) is 0 Å². The number of aryl methyl sites for hydroxylation is 1. The molecule has 0 spiro atoms. The Morgan fingerprint density at radius 3 is 2.75 bits per heavy atom. The van der Waals surface area contributed by atoms with Crippen LogP contribution in [0.15, 0.2) is 18.2 Å². The highest BCUT2D eigenvalue weighted by Gasteiger charge is 2.30. The van der Waals surface area contributed by atoms with Gasteiger partial charge in [0.2, 0.25) is 5.91 Å². The first-order chi connectivity index (χ1) is 9.47. The minimum absolute atomic E-state index is 0.0483. The molecular weight excluding hydrogens is 268 g/mol. The Balaban J connectivity index is 1.90. The predicted octanol–water partition coefficient (Wildman–Crippen LogP) is 1.83. The number of aliphatic carboxylic acids is 1. The van der Waals surface area contributed by atoms with Crippen molar-refractivity contribution in [3.8, 4) is 0 Å². The Kier molecular flexibility index (Phi) is 4.32. The van der Waals surface area contributed by atoms with E-state index in [-0.39, 0.29) is 30.9 Å². The number of carboxylic acid groups (broad SMARTS) is 1. The van der Waals surface area contributed by atoms with Crippen molar-refractivity contribution in [1.82, 2.24) is 4.90 Å². The Bertz CT molecular complexity index is 533. The van der Waals surface area contributed by atoms with Gasteiger partial charge in [-0.05, 0) is 36.6 Å². The van der Waals surface area contributed by atoms with Gasteiger partial charge < -0.3 is 10.0 Å². The Labute approximate surface area is 115 Å². The molecule has 4 nitrogen and oxygen atoms in total. The van der Waals surface area contributed by atoms with Crippen molar-refractivity contribution in [2.24, 2.45) is 5.92 Å². The van der Waals surface area contributed by atoms with E-state index in [1.807, 2.05) is 0 Å². The topological polar surface area (TPSA) is 57.6 Å². The smallest absolute Gasteiger partial charge is 0.308 e. The summed E-state index contributed by atoms with van der Waals surface area (Å²) in [6.07, 6.45) is 0.596. The lowest BCUT2D eigenvalue weighted by atomic mass is 10.1. The highest BCUT2D eigenvalue weighted by atomic mass is 19.1. The molecule has 6 heteroatoms. The van der Waals surface area contributed by atoms with Crippen LogP contribution in [0.3, 0.4) is 0 Å². The largest absolute Gasteiger partial charge is 0.481 e. The normalized spacial score (nSPS) is 18.3. The monoisotopic (exact) mass is 283 g/mol. The summed E-state index contributed by atoms with van der Waals surface area (Å²) in [5.41, 5.74) is 0.160. The number of rotatable bonds is 4. The number of hydrogen-bond acceptors (Lipinski definition) is 2. The molecule has 1 aromatic carbocycles. The van der Waals surface area contributed by atoms with Crippen LogP contribution in [-0.4, -0.2) is 35.0 Å². The molecule has 0 unspecified atom stereocenters. The van der Waals surface area contributed by atoms with E-state index >= 15 is 0 Å². The third-order valence-corrected chi connectivity index (χ3v) is 3.51. The number of benzene rings is 1. The van der Waals surface area contributed by atoms with E-state index in [1.165, 1.54) is 4.90 Å². The molecule has 0 bridgehead atoms. The van der Waals surface area contributed by atoms with Gasteiger partial charge in [-0.2, -0.15) is 0 Å². The van der Waals surface area contributed by atoms with Crippen molar-refractivity contribution in [2.75, 3.05) is 13.1 Å². The van der Waals surface area contributed by atoms with Crippen molar-refractivity contribution >= 4 is 11.9 Å². The lowest BCUT2D eigenvalue weighted by Crippen LogP contribution is -2.30. The summed E-state index contributed by atoms with van der Waals surface area (Å²) in [6.45, 7) is 0.598. The molecule has 0 radical (unpaired) electrons. The Morgan fingerprint density at radius 2 is 2.10 bits per heavy atom. The zero-order chi connectivity index (χ0) is 14.7. The number of halogens is 2. The lowest BCUT2D eigenvalue weighted by molar-refractivity contribution is -0.141. The molecule has 1 fully saturated rings. The number of nitrogens with zero attached hydrogens (tertiary/aromatic N) is 1. The zero-order valence-corrected chi connectivity index (χ0v) is 10.8. The minimum Gasteiger partial charge on any atom is -0.481 e. The summed E-state index contributed by atoms with van der Waals surface area (Å²) in [5.74, 6) is -2.73. The molecule has 1 aliphatic rings. The molecule has 1 saturated heterocycles. The number of hydrogen-bond donors (Lipinski definition) is 1. The minimum atomic E-state index is -0.906. The van der Waals surface area contributed by atoms with Crippen molar-refractivity contribution in [2.45, 2.75) is 19.3 Å². The van der Waals surface area contributed by atoms with Crippen LogP contribution in [0.1, 0.15) is 18.4 Å². The van der Waals surface area contributed by atoms with E-state index < -0.39 is 23.5 Å². The first kappa shape index (κ1) is 14.4. The van der Waals surface area contributed by atoms with Gasteiger partial charge in [0.15, 0.2) is 0 Å². The quantitative estimate of drug-likeness (QED) is 0.917. The first-order valence-corrected chi connectivity index (χ1v) is 6.42. The molecule has 20 heavy (non-hydrogen) atoms. The number of amides is 1. The molecule has 1 aromatic rings. The number of likely N-dealkylation sites (tertiary alicyclic amines) is 1. The van der Waals surface area contributed by atoms with Gasteiger partial charge in [-0.25, -0.2) is 8.78 Å². The SMILES string of the molecule is O=C(O)[C@@H]1CCN(C(=O)CCc2cc(F)ccc2F)C1. The van der Waals surface area contributed by atoms with E-state index in [2.05, 4.69) is 0 Å². The molecule has 1 aliphatic heterocycles. The molecule has 0 aromatic heterocycles. The molecule has 2 rings (SSSR count). The van der Waals surface area contributed by atoms with E-state index in [9.17, 15) is 18.4 Å². The van der Waals surface area contributed by atoms with E-state index in [0.29, 0.717) is 13.0 Å². The summed E-state index contributed by atoms with van der Waals surface area (Å²) in [6, 6.07) is 3.14. The van der Waals surface area contributed by atoms with Gasteiger partial charge in [0.1, 0.15) is 11.6 Å². The van der Waals surface area contributed by atoms with Crippen LogP contribution in [0.25, 0.3) is 0 Å². The summed E-state index contributed by atoms with van der Waals surface area (Å²) < 4.78 is 26.4. The van der Waals surface area contributed by atoms with Gasteiger partial charge in [-0.15, -0.1) is 0 Å². The second kappa shape index (κ2) is 5.98. The molecule has 1 atom stereocenters. The van der Waals surface area contributed by atoms with Gasteiger partial charge in [0.25, 0.3) is 0 Å². The summed E-state index contributed by atoms with van der Waals surface area (Å²) in [7, 11) is 0. The van der Waals surface area contributed by atoms with Gasteiger partial charge in [-0.3, -0.25) is 9.59 Å². The van der Waals surface area contributed by atoms with Crippen LogP contribution < -0.4 is 0 Å². The summed E-state index contributed by atoms with van der Waals surface area (Å²) in [5, 5.41) is 8.86. The molecule has 1 N–H and O–H groups in total. The van der Waals surface area contributed by atoms with E-state index in [0.717, 1.165) is 18.2 Å². The number of carbonyl (C=O) groups is 2. The zero-order valence-electron chi connectivity index (χ0n) is 10.8. The van der Waals surface area contributed by atoms with Crippen molar-refractivity contribution < 1.29 is 23.5 Å². The fourth-order valence-electron chi connectivity index (χ4n) is 2.32. The Morgan fingerprint density at radius 1 is 1.35 bits per heavy atom. The van der Waals surface area contributed by atoms with Crippen LogP contribution >= 0.6 is 0 Å². The standard InChI is InChI=1S/C14H15F2NO3/c15-11-2-3-12(16)9(7-11)1-4-13(18)17-6-5-10(8-17)14(19)20/h2-3,7,10H,1,4-6,8H2,(H,19,20)/t10-/m1/s1. The van der Waals surface area contributed by atoms with E-state index in [4.69, 9.17) is 5.11 Å². The summed E-state index contributed by atoms with van der Waals surface area (Å²) >= 11 is 0. The fraction of sp³-hybridized carbons (Fsp3) is 0.429. The maximum atomic E-state index is 13.4. The molecular formula is C14H15F2NO3. The molecule has 108 valence electrons. The second-order valence-corrected chi connectivity index (χ2v) is 4.90. The average Bonchev–Trinajstić information content (AvgIpc) is 2.89. The molecule has 1 amide bonds. The molecule has 0 saturated carbocycles. The maximum Gasteiger partial charge on any atom is 0.308 e. The third kappa shape index (κ3) is 3.31. The van der Waals surface area contributed by atoms with Crippen LogP contribution in [0, 0.1) is 17.6 Å². The summed E-state index contributed by atoms with van der Waals surface area (Å²) in [4.78, 5) is 24.2. The van der Waals surface area contributed by atoms with Gasteiger partial charge in [0.05, 0.1) is 5.92 Å². The van der Waals surface area contributed by atoms with Crippen LogP contribution in [0.5, 0.6) is 0 Å². The van der Waals surface area contributed by atoms with E-state index in [1.54, 1.807) is 0 Å². The third-order valence-electron chi connectivity index (χ3n) is 3.51. The van der Waals surface area contributed by atoms with Crippen LogP contribution in [0.4, 0.5) is 8.78 Å². The molecule has 1 heterocycles. The van der Waals surface area contributed by atoms with Crippen molar-refractivity contribution in [3.05, 3.63) is 35.4 Å². The lowest BCUT2D eigenvalue weighted by Gasteiger charge is -2.15. The van der Waals surface area contributed by atoms with Crippen molar-refractivity contribution in [1.29, 1.82) is 0 Å². The molecule has 0 aliphatic carbocycles. The van der Waals surface area contributed by atoms with Crippen LogP contribution in [-0.2, 0) is 16.0 Å². The average molecular weight is 283 g/mol. The fourth-order valence-corrected chi connectivity index (χ4v) is 2.32. The number of carbonyl (C=O) groups excluding carboxylic acids is 1. The van der Waals surface area contributed by atoms with Gasteiger partial charge in [-0.1, -0.05) is 0 Å². The predicted molar refractivity (Wildman–Crippen MR) is 67.0 cm³/mol. The number of carboxylic acids is 1. The maximum absolute atomic E-state index is 13.4. The second-order valence-electron chi connectivity index (χ2n) is 4.90. The Hall–Kier alpha value is -1.98. The highest BCUT2D eigenvalue weighted by Crippen LogP contribution is 2.18. The van der Waals surface area contributed by atoms with Gasteiger partial charge in [0, 0.05) is 19.5 Å². The van der Waals surface area contributed by atoms with Crippen molar-refractivity contribution in [3.63, 3.8) is 0 Å².